The highest BCUT2D eigenvalue weighted by Gasteiger charge is 2.23. The zero-order chi connectivity index (χ0) is 16.0. The molecule has 0 aliphatic rings. The Morgan fingerprint density at radius 3 is 2.19 bits per heavy atom. The van der Waals surface area contributed by atoms with Gasteiger partial charge in [-0.15, -0.1) is 11.6 Å². The van der Waals surface area contributed by atoms with Crippen LogP contribution in [0.4, 0.5) is 5.69 Å². The first-order valence-electron chi connectivity index (χ1n) is 7.10. The van der Waals surface area contributed by atoms with Crippen LogP contribution in [0.25, 0.3) is 0 Å². The van der Waals surface area contributed by atoms with E-state index in [-0.39, 0.29) is 11.7 Å². The molecule has 4 nitrogen and oxygen atoms in total. The number of alkyl halides is 1. The summed E-state index contributed by atoms with van der Waals surface area (Å²) in [4.78, 5) is 2.01. The molecule has 0 bridgehead atoms. The molecule has 120 valence electrons. The number of halogens is 1. The van der Waals surface area contributed by atoms with Crippen molar-refractivity contribution in [3.8, 4) is 0 Å². The SMILES string of the molecule is CCN(Cc1ccc(N(C)C)cc1)S(=O)(=O)CC(C)CCl. The lowest BCUT2D eigenvalue weighted by molar-refractivity contribution is 0.419. The number of nitrogens with zero attached hydrogens (tertiary/aromatic N) is 2. The average Bonchev–Trinajstić information content (AvgIpc) is 2.44. The van der Waals surface area contributed by atoms with E-state index < -0.39 is 10.0 Å². The standard InChI is InChI=1S/C15H25ClN2O2S/c1-5-18(21(19,20)12-13(2)10-16)11-14-6-8-15(9-7-14)17(3)4/h6-9,13H,5,10-12H2,1-4H3. The van der Waals surface area contributed by atoms with Crippen LogP contribution in [-0.4, -0.2) is 45.0 Å². The van der Waals surface area contributed by atoms with Gasteiger partial charge in [0, 0.05) is 38.8 Å². The van der Waals surface area contributed by atoms with Gasteiger partial charge in [0.25, 0.3) is 0 Å². The molecule has 0 saturated carbocycles. The minimum absolute atomic E-state index is 0.0400. The molecule has 1 aromatic carbocycles. The van der Waals surface area contributed by atoms with Crippen molar-refractivity contribution in [2.24, 2.45) is 5.92 Å². The van der Waals surface area contributed by atoms with Crippen molar-refractivity contribution < 1.29 is 8.42 Å². The minimum atomic E-state index is -3.27. The summed E-state index contributed by atoms with van der Waals surface area (Å²) in [5, 5.41) is 0. The first-order valence-corrected chi connectivity index (χ1v) is 9.24. The average molecular weight is 333 g/mol. The smallest absolute Gasteiger partial charge is 0.214 e. The van der Waals surface area contributed by atoms with E-state index in [1.165, 1.54) is 4.31 Å². The molecule has 0 N–H and O–H groups in total. The molecule has 1 unspecified atom stereocenters. The molecule has 0 fully saturated rings. The van der Waals surface area contributed by atoms with Crippen molar-refractivity contribution in [2.45, 2.75) is 20.4 Å². The Bertz CT molecular complexity index is 529. The molecule has 0 amide bonds. The van der Waals surface area contributed by atoms with Gasteiger partial charge in [-0.05, 0) is 23.6 Å². The fourth-order valence-corrected chi connectivity index (χ4v) is 4.04. The van der Waals surface area contributed by atoms with Gasteiger partial charge >= 0.3 is 0 Å². The van der Waals surface area contributed by atoms with Gasteiger partial charge in [-0.2, -0.15) is 4.31 Å². The lowest BCUT2D eigenvalue weighted by Gasteiger charge is -2.22. The van der Waals surface area contributed by atoms with Crippen LogP contribution in [0.5, 0.6) is 0 Å². The molecule has 21 heavy (non-hydrogen) atoms. The maximum atomic E-state index is 12.4. The zero-order valence-electron chi connectivity index (χ0n) is 13.2. The van der Waals surface area contributed by atoms with Crippen LogP contribution >= 0.6 is 11.6 Å². The third-order valence-corrected chi connectivity index (χ3v) is 6.01. The summed E-state index contributed by atoms with van der Waals surface area (Å²) in [5.74, 6) is 0.413. The Kier molecular flexibility index (Phi) is 6.97. The predicted molar refractivity (Wildman–Crippen MR) is 90.5 cm³/mol. The fraction of sp³-hybridized carbons (Fsp3) is 0.600. The number of rotatable bonds is 8. The minimum Gasteiger partial charge on any atom is -0.378 e. The van der Waals surface area contributed by atoms with E-state index in [0.717, 1.165) is 11.3 Å². The van der Waals surface area contributed by atoms with Gasteiger partial charge in [0.15, 0.2) is 0 Å². The predicted octanol–water partition coefficient (Wildman–Crippen LogP) is 2.78. The maximum Gasteiger partial charge on any atom is 0.214 e. The first kappa shape index (κ1) is 18.3. The topological polar surface area (TPSA) is 40.6 Å². The molecule has 6 heteroatoms. The van der Waals surface area contributed by atoms with Crippen LogP contribution in [0.1, 0.15) is 19.4 Å². The van der Waals surface area contributed by atoms with Crippen molar-refractivity contribution in [1.29, 1.82) is 0 Å². The summed E-state index contributed by atoms with van der Waals surface area (Å²) in [7, 11) is 0.685. The van der Waals surface area contributed by atoms with Gasteiger partial charge in [-0.25, -0.2) is 8.42 Å². The fourth-order valence-electron chi connectivity index (χ4n) is 2.02. The lowest BCUT2D eigenvalue weighted by Crippen LogP contribution is -2.34. The van der Waals surface area contributed by atoms with Crippen molar-refractivity contribution in [1.82, 2.24) is 4.31 Å². The molecular weight excluding hydrogens is 308 g/mol. The quantitative estimate of drug-likeness (QED) is 0.687. The third-order valence-electron chi connectivity index (χ3n) is 3.32. The second-order valence-corrected chi connectivity index (χ2v) is 7.85. The van der Waals surface area contributed by atoms with Gasteiger partial charge in [0.05, 0.1) is 5.75 Å². The molecule has 1 atom stereocenters. The maximum absolute atomic E-state index is 12.4. The Morgan fingerprint density at radius 1 is 1.19 bits per heavy atom. The molecule has 0 aliphatic heterocycles. The molecule has 0 saturated heterocycles. The molecular formula is C15H25ClN2O2S. The normalized spacial score (nSPS) is 13.4. The number of hydrogen-bond acceptors (Lipinski definition) is 3. The number of anilines is 1. The monoisotopic (exact) mass is 332 g/mol. The highest BCUT2D eigenvalue weighted by molar-refractivity contribution is 7.89. The highest BCUT2D eigenvalue weighted by Crippen LogP contribution is 2.16. The summed E-state index contributed by atoms with van der Waals surface area (Å²) in [6.07, 6.45) is 0. The number of hydrogen-bond donors (Lipinski definition) is 0. The van der Waals surface area contributed by atoms with E-state index >= 15 is 0 Å². The number of benzene rings is 1. The van der Waals surface area contributed by atoms with Gasteiger partial charge in [-0.1, -0.05) is 26.0 Å². The van der Waals surface area contributed by atoms with Crippen molar-refractivity contribution in [3.63, 3.8) is 0 Å². The largest absolute Gasteiger partial charge is 0.378 e. The summed E-state index contributed by atoms with van der Waals surface area (Å²) in [6.45, 7) is 4.58. The second kappa shape index (κ2) is 8.01. The summed E-state index contributed by atoms with van der Waals surface area (Å²) >= 11 is 5.73. The van der Waals surface area contributed by atoms with Gasteiger partial charge in [0.1, 0.15) is 0 Å². The van der Waals surface area contributed by atoms with Crippen molar-refractivity contribution >= 4 is 27.3 Å². The van der Waals surface area contributed by atoms with Crippen LogP contribution in [0.3, 0.4) is 0 Å². The van der Waals surface area contributed by atoms with E-state index in [1.54, 1.807) is 0 Å². The van der Waals surface area contributed by atoms with Crippen molar-refractivity contribution in [3.05, 3.63) is 29.8 Å². The van der Waals surface area contributed by atoms with E-state index in [0.29, 0.717) is 19.0 Å². The molecule has 0 aromatic heterocycles. The van der Waals surface area contributed by atoms with Crippen LogP contribution in [0, 0.1) is 5.92 Å². The summed E-state index contributed by atoms with van der Waals surface area (Å²) < 4.78 is 26.3. The first-order chi connectivity index (χ1) is 9.80. The molecule has 0 spiro atoms. The molecule has 1 aromatic rings. The van der Waals surface area contributed by atoms with Crippen LogP contribution in [0.15, 0.2) is 24.3 Å². The van der Waals surface area contributed by atoms with Gasteiger partial charge < -0.3 is 4.90 Å². The van der Waals surface area contributed by atoms with E-state index in [9.17, 15) is 8.42 Å². The third kappa shape index (κ3) is 5.49. The van der Waals surface area contributed by atoms with E-state index in [4.69, 9.17) is 11.6 Å². The van der Waals surface area contributed by atoms with Crippen LogP contribution in [-0.2, 0) is 16.6 Å². The Labute approximate surface area is 133 Å². The van der Waals surface area contributed by atoms with E-state index in [2.05, 4.69) is 0 Å². The number of sulfonamides is 1. The Hall–Kier alpha value is -0.780. The van der Waals surface area contributed by atoms with Crippen LogP contribution in [0.2, 0.25) is 0 Å². The molecule has 0 heterocycles. The molecule has 0 radical (unpaired) electrons. The van der Waals surface area contributed by atoms with Crippen molar-refractivity contribution in [2.75, 3.05) is 37.2 Å². The Morgan fingerprint density at radius 2 is 1.76 bits per heavy atom. The van der Waals surface area contributed by atoms with Gasteiger partial charge in [-0.3, -0.25) is 0 Å². The highest BCUT2D eigenvalue weighted by atomic mass is 35.5. The van der Waals surface area contributed by atoms with E-state index in [1.807, 2.05) is 57.1 Å². The molecule has 0 aliphatic carbocycles. The summed E-state index contributed by atoms with van der Waals surface area (Å²) in [5.41, 5.74) is 2.09. The summed E-state index contributed by atoms with van der Waals surface area (Å²) in [6, 6.07) is 7.94. The lowest BCUT2D eigenvalue weighted by atomic mass is 10.2. The zero-order valence-corrected chi connectivity index (χ0v) is 14.8. The Balaban J connectivity index is 2.82. The second-order valence-electron chi connectivity index (χ2n) is 5.53. The van der Waals surface area contributed by atoms with Gasteiger partial charge in [0.2, 0.25) is 10.0 Å². The van der Waals surface area contributed by atoms with Crippen LogP contribution < -0.4 is 4.90 Å². The molecule has 1 rings (SSSR count).